The molecule has 0 amide bonds. The van der Waals surface area contributed by atoms with Gasteiger partial charge in [-0.2, -0.15) is 0 Å². The molecule has 0 fully saturated rings. The van der Waals surface area contributed by atoms with E-state index < -0.39 is 0 Å². The van der Waals surface area contributed by atoms with Crippen LogP contribution in [0.2, 0.25) is 10.0 Å². The number of hydrogen-bond donors (Lipinski definition) is 0. The van der Waals surface area contributed by atoms with Crippen molar-refractivity contribution >= 4 is 23.2 Å². The topological polar surface area (TPSA) is 4.93 Å². The van der Waals surface area contributed by atoms with Gasteiger partial charge in [0, 0.05) is 26.9 Å². The molecule has 1 aromatic heterocycles. The van der Waals surface area contributed by atoms with E-state index in [1.165, 1.54) is 0 Å². The number of rotatable bonds is 4. The van der Waals surface area contributed by atoms with Crippen LogP contribution >= 0.6 is 23.2 Å². The highest BCUT2D eigenvalue weighted by Gasteiger charge is 2.20. The first-order chi connectivity index (χ1) is 15.2. The van der Waals surface area contributed by atoms with E-state index in [0.29, 0.717) is 10.0 Å². The van der Waals surface area contributed by atoms with Gasteiger partial charge in [0.1, 0.15) is 0 Å². The molecule has 1 nitrogen and oxygen atoms in total. The van der Waals surface area contributed by atoms with E-state index in [0.717, 1.165) is 39.3 Å². The summed E-state index contributed by atoms with van der Waals surface area (Å²) in [6.45, 7) is 0. The van der Waals surface area contributed by atoms with Crippen molar-refractivity contribution in [1.82, 2.24) is 4.57 Å². The minimum atomic E-state index is 0.705. The molecule has 0 N–H and O–H groups in total. The maximum atomic E-state index is 6.41. The monoisotopic (exact) mass is 439 g/mol. The second-order valence-corrected chi connectivity index (χ2v) is 8.22. The number of aromatic nitrogens is 1. The third-order valence-corrected chi connectivity index (χ3v) is 5.79. The molecule has 0 aliphatic carbocycles. The Labute approximate surface area is 192 Å². The van der Waals surface area contributed by atoms with Gasteiger partial charge in [-0.25, -0.2) is 0 Å². The Morgan fingerprint density at radius 1 is 0.484 bits per heavy atom. The Hall–Kier alpha value is -3.26. The van der Waals surface area contributed by atoms with Crippen molar-refractivity contribution in [2.24, 2.45) is 0 Å². The number of nitrogens with zero attached hydrogens (tertiary/aromatic N) is 1. The van der Waals surface area contributed by atoms with Crippen molar-refractivity contribution in [2.75, 3.05) is 0 Å². The normalized spacial score (nSPS) is 10.9. The highest BCUT2D eigenvalue weighted by molar-refractivity contribution is 6.31. The lowest BCUT2D eigenvalue weighted by Gasteiger charge is -2.16. The van der Waals surface area contributed by atoms with Crippen molar-refractivity contribution < 1.29 is 0 Å². The average molecular weight is 440 g/mol. The van der Waals surface area contributed by atoms with Crippen LogP contribution in [0.5, 0.6) is 0 Å². The average Bonchev–Trinajstić information content (AvgIpc) is 3.21. The molecule has 5 rings (SSSR count). The van der Waals surface area contributed by atoms with Crippen molar-refractivity contribution in [1.29, 1.82) is 0 Å². The van der Waals surface area contributed by atoms with Gasteiger partial charge in [0.2, 0.25) is 0 Å². The SMILES string of the molecule is Clc1cccc(-c2cc(-c3ccccc3)n(-c3ccccc3)c2-c2cccc(Cl)c2)c1. The van der Waals surface area contributed by atoms with Crippen LogP contribution in [0.4, 0.5) is 0 Å². The Kier molecular flexibility index (Phi) is 5.38. The van der Waals surface area contributed by atoms with Crippen molar-refractivity contribution in [3.05, 3.63) is 125 Å². The number of para-hydroxylation sites is 1. The molecule has 3 heteroatoms. The number of hydrogen-bond acceptors (Lipinski definition) is 0. The summed E-state index contributed by atoms with van der Waals surface area (Å²) in [5.41, 5.74) is 7.63. The Morgan fingerprint density at radius 2 is 1.03 bits per heavy atom. The van der Waals surface area contributed by atoms with Gasteiger partial charge in [0.25, 0.3) is 0 Å². The van der Waals surface area contributed by atoms with Crippen LogP contribution in [0.1, 0.15) is 0 Å². The van der Waals surface area contributed by atoms with Gasteiger partial charge in [-0.05, 0) is 53.6 Å². The lowest BCUT2D eigenvalue weighted by atomic mass is 10.0. The van der Waals surface area contributed by atoms with Gasteiger partial charge >= 0.3 is 0 Å². The molecule has 0 spiro atoms. The molecule has 0 saturated carbocycles. The standard InChI is InChI=1S/C28H19Cl2N/c29-23-13-7-11-21(17-23)26-19-27(20-9-3-1-4-10-20)31(25-15-5-2-6-16-25)28(26)22-12-8-14-24(30)18-22/h1-19H. The fraction of sp³-hybridized carbons (Fsp3) is 0. The number of benzene rings is 4. The molecular weight excluding hydrogens is 421 g/mol. The minimum Gasteiger partial charge on any atom is -0.309 e. The fourth-order valence-electron chi connectivity index (χ4n) is 3.97. The zero-order chi connectivity index (χ0) is 21.2. The summed E-state index contributed by atoms with van der Waals surface area (Å²) in [6, 6.07) is 39.1. The number of halogens is 2. The summed E-state index contributed by atoms with van der Waals surface area (Å²) in [5.74, 6) is 0. The molecule has 0 aliphatic rings. The van der Waals surface area contributed by atoms with E-state index in [-0.39, 0.29) is 0 Å². The highest BCUT2D eigenvalue weighted by atomic mass is 35.5. The fourth-order valence-corrected chi connectivity index (χ4v) is 4.35. The quantitative estimate of drug-likeness (QED) is 0.263. The van der Waals surface area contributed by atoms with Crippen LogP contribution in [0.3, 0.4) is 0 Å². The van der Waals surface area contributed by atoms with Crippen LogP contribution < -0.4 is 0 Å². The second-order valence-electron chi connectivity index (χ2n) is 7.35. The van der Waals surface area contributed by atoms with E-state index in [9.17, 15) is 0 Å². The van der Waals surface area contributed by atoms with E-state index in [2.05, 4.69) is 71.3 Å². The first kappa shape index (κ1) is 19.7. The molecule has 150 valence electrons. The van der Waals surface area contributed by atoms with Crippen molar-refractivity contribution in [3.63, 3.8) is 0 Å². The summed E-state index contributed by atoms with van der Waals surface area (Å²) in [6.07, 6.45) is 0. The van der Waals surface area contributed by atoms with E-state index in [1.807, 2.05) is 48.5 Å². The predicted molar refractivity (Wildman–Crippen MR) is 132 cm³/mol. The third kappa shape index (κ3) is 3.90. The first-order valence-electron chi connectivity index (χ1n) is 10.1. The van der Waals surface area contributed by atoms with Crippen LogP contribution in [0, 0.1) is 0 Å². The predicted octanol–water partition coefficient (Wildman–Crippen LogP) is 8.79. The summed E-state index contributed by atoms with van der Waals surface area (Å²) < 4.78 is 2.30. The van der Waals surface area contributed by atoms with Crippen LogP contribution in [0.15, 0.2) is 115 Å². The molecule has 0 atom stereocenters. The van der Waals surface area contributed by atoms with Gasteiger partial charge in [-0.3, -0.25) is 0 Å². The van der Waals surface area contributed by atoms with Crippen molar-refractivity contribution in [3.8, 4) is 39.3 Å². The summed E-state index contributed by atoms with van der Waals surface area (Å²) >= 11 is 12.8. The smallest absolute Gasteiger partial charge is 0.0613 e. The second kappa shape index (κ2) is 8.47. The molecule has 0 aliphatic heterocycles. The van der Waals surface area contributed by atoms with Gasteiger partial charge in [-0.15, -0.1) is 0 Å². The van der Waals surface area contributed by atoms with E-state index in [1.54, 1.807) is 0 Å². The van der Waals surface area contributed by atoms with E-state index in [4.69, 9.17) is 23.2 Å². The van der Waals surface area contributed by atoms with Gasteiger partial charge in [0.05, 0.1) is 11.4 Å². The lowest BCUT2D eigenvalue weighted by Crippen LogP contribution is -1.99. The molecule has 0 unspecified atom stereocenters. The van der Waals surface area contributed by atoms with Crippen LogP contribution in [0.25, 0.3) is 39.3 Å². The van der Waals surface area contributed by atoms with Crippen molar-refractivity contribution in [2.45, 2.75) is 0 Å². The van der Waals surface area contributed by atoms with Gasteiger partial charge in [-0.1, -0.05) is 96.0 Å². The maximum absolute atomic E-state index is 6.41. The lowest BCUT2D eigenvalue weighted by molar-refractivity contribution is 1.10. The Morgan fingerprint density at radius 3 is 1.68 bits per heavy atom. The zero-order valence-electron chi connectivity index (χ0n) is 16.7. The van der Waals surface area contributed by atoms with Gasteiger partial charge in [0.15, 0.2) is 0 Å². The maximum Gasteiger partial charge on any atom is 0.0613 e. The zero-order valence-corrected chi connectivity index (χ0v) is 18.2. The third-order valence-electron chi connectivity index (χ3n) is 5.32. The van der Waals surface area contributed by atoms with E-state index >= 15 is 0 Å². The van der Waals surface area contributed by atoms with Crippen LogP contribution in [-0.2, 0) is 0 Å². The van der Waals surface area contributed by atoms with Crippen LogP contribution in [-0.4, -0.2) is 4.57 Å². The summed E-state index contributed by atoms with van der Waals surface area (Å²) in [4.78, 5) is 0. The largest absolute Gasteiger partial charge is 0.309 e. The molecule has 5 aromatic rings. The molecule has 0 saturated heterocycles. The molecule has 1 heterocycles. The minimum absolute atomic E-state index is 0.705. The molecule has 4 aromatic carbocycles. The summed E-state index contributed by atoms with van der Waals surface area (Å²) in [7, 11) is 0. The molecule has 31 heavy (non-hydrogen) atoms. The highest BCUT2D eigenvalue weighted by Crippen LogP contribution is 2.42. The molecule has 0 radical (unpaired) electrons. The first-order valence-corrected chi connectivity index (χ1v) is 10.8. The van der Waals surface area contributed by atoms with Gasteiger partial charge < -0.3 is 4.57 Å². The molecular formula is C28H19Cl2N. The Balaban J connectivity index is 1.90. The molecule has 0 bridgehead atoms. The summed E-state index contributed by atoms with van der Waals surface area (Å²) in [5, 5.41) is 1.42. The Bertz CT molecular complexity index is 1340.